The van der Waals surface area contributed by atoms with Crippen LogP contribution in [0.3, 0.4) is 0 Å². The highest BCUT2D eigenvalue weighted by Gasteiger charge is 2.28. The number of fused-ring (bicyclic) bond motifs is 2. The van der Waals surface area contributed by atoms with E-state index in [0.717, 1.165) is 31.1 Å². The van der Waals surface area contributed by atoms with E-state index in [0.29, 0.717) is 6.04 Å². The summed E-state index contributed by atoms with van der Waals surface area (Å²) in [5, 5.41) is 5.70. The van der Waals surface area contributed by atoms with E-state index in [4.69, 9.17) is 4.74 Å². The van der Waals surface area contributed by atoms with Crippen LogP contribution >= 0.6 is 11.3 Å². The Bertz CT molecular complexity index is 639. The fourth-order valence-electron chi connectivity index (χ4n) is 3.33. The maximum Gasteiger partial charge on any atom is 0.142 e. The standard InChI is InChI=1S/C17H20N2OS/c1-12-14-7-9-21-17(14)6-8-19(12)11-13-10-18-15-4-2-3-5-16(15)20-13/h2-5,7,9,12-13,18H,6,8,10-11H2,1H3. The first kappa shape index (κ1) is 13.2. The van der Waals surface area contributed by atoms with Gasteiger partial charge in [0.25, 0.3) is 0 Å². The van der Waals surface area contributed by atoms with Crippen molar-refractivity contribution in [3.8, 4) is 5.75 Å². The molecule has 0 aliphatic carbocycles. The number of benzene rings is 1. The minimum atomic E-state index is 0.225. The molecule has 0 radical (unpaired) electrons. The molecular weight excluding hydrogens is 280 g/mol. The van der Waals surface area contributed by atoms with Crippen molar-refractivity contribution < 1.29 is 4.74 Å². The van der Waals surface area contributed by atoms with Crippen LogP contribution in [0.2, 0.25) is 0 Å². The van der Waals surface area contributed by atoms with E-state index in [-0.39, 0.29) is 6.10 Å². The molecule has 0 fully saturated rings. The van der Waals surface area contributed by atoms with Gasteiger partial charge in [0.05, 0.1) is 12.2 Å². The Labute approximate surface area is 129 Å². The summed E-state index contributed by atoms with van der Waals surface area (Å²) in [6.07, 6.45) is 1.40. The smallest absolute Gasteiger partial charge is 0.142 e. The van der Waals surface area contributed by atoms with Crippen molar-refractivity contribution in [3.05, 3.63) is 46.2 Å². The molecule has 1 N–H and O–H groups in total. The largest absolute Gasteiger partial charge is 0.485 e. The topological polar surface area (TPSA) is 24.5 Å². The lowest BCUT2D eigenvalue weighted by molar-refractivity contribution is 0.106. The van der Waals surface area contributed by atoms with Crippen LogP contribution in [-0.4, -0.2) is 30.6 Å². The summed E-state index contributed by atoms with van der Waals surface area (Å²) in [5.74, 6) is 0.981. The molecule has 0 saturated carbocycles. The average Bonchev–Trinajstić information content (AvgIpc) is 2.99. The Morgan fingerprint density at radius 1 is 1.33 bits per heavy atom. The van der Waals surface area contributed by atoms with Crippen molar-refractivity contribution in [2.45, 2.75) is 25.5 Å². The van der Waals surface area contributed by atoms with Crippen LogP contribution < -0.4 is 10.1 Å². The SMILES string of the molecule is CC1c2ccsc2CCN1CC1CNc2ccccc2O1. The van der Waals surface area contributed by atoms with Crippen molar-refractivity contribution in [2.75, 3.05) is 25.0 Å². The molecule has 0 amide bonds. The Morgan fingerprint density at radius 3 is 3.19 bits per heavy atom. The van der Waals surface area contributed by atoms with Gasteiger partial charge in [-0.3, -0.25) is 4.90 Å². The van der Waals surface area contributed by atoms with Gasteiger partial charge in [-0.25, -0.2) is 0 Å². The number of thiophene rings is 1. The second-order valence-corrected chi connectivity index (χ2v) is 6.84. The molecule has 1 aromatic heterocycles. The van der Waals surface area contributed by atoms with Crippen LogP contribution in [0.5, 0.6) is 5.75 Å². The quantitative estimate of drug-likeness (QED) is 0.918. The summed E-state index contributed by atoms with van der Waals surface area (Å²) in [5.41, 5.74) is 2.62. The lowest BCUT2D eigenvalue weighted by Crippen LogP contribution is -2.44. The monoisotopic (exact) mass is 300 g/mol. The van der Waals surface area contributed by atoms with Crippen LogP contribution in [0.15, 0.2) is 35.7 Å². The molecule has 3 nitrogen and oxygen atoms in total. The number of nitrogens with one attached hydrogen (secondary N) is 1. The van der Waals surface area contributed by atoms with E-state index in [1.165, 1.54) is 12.0 Å². The summed E-state index contributed by atoms with van der Waals surface area (Å²) < 4.78 is 6.15. The highest BCUT2D eigenvalue weighted by molar-refractivity contribution is 7.10. The zero-order valence-corrected chi connectivity index (χ0v) is 13.0. The highest BCUT2D eigenvalue weighted by Crippen LogP contribution is 2.34. The second-order valence-electron chi connectivity index (χ2n) is 5.84. The lowest BCUT2D eigenvalue weighted by Gasteiger charge is -2.37. The summed E-state index contributed by atoms with van der Waals surface area (Å²) in [6, 6.07) is 11.0. The third-order valence-electron chi connectivity index (χ3n) is 4.54. The molecule has 110 valence electrons. The summed E-state index contributed by atoms with van der Waals surface area (Å²) >= 11 is 1.90. The molecule has 2 aliphatic heterocycles. The third-order valence-corrected chi connectivity index (χ3v) is 5.54. The van der Waals surface area contributed by atoms with Gasteiger partial charge in [-0.1, -0.05) is 12.1 Å². The van der Waals surface area contributed by atoms with Crippen LogP contribution in [0, 0.1) is 0 Å². The fourth-order valence-corrected chi connectivity index (χ4v) is 4.30. The normalized spacial score (nSPS) is 24.6. The molecule has 1 aromatic carbocycles. The Morgan fingerprint density at radius 2 is 2.24 bits per heavy atom. The summed E-state index contributed by atoms with van der Waals surface area (Å²) in [7, 11) is 0. The first-order valence-electron chi connectivity index (χ1n) is 7.61. The zero-order chi connectivity index (χ0) is 14.2. The maximum absolute atomic E-state index is 6.15. The average molecular weight is 300 g/mol. The number of hydrogen-bond acceptors (Lipinski definition) is 4. The van der Waals surface area contributed by atoms with E-state index in [9.17, 15) is 0 Å². The zero-order valence-electron chi connectivity index (χ0n) is 12.2. The maximum atomic E-state index is 6.15. The van der Waals surface area contributed by atoms with Gasteiger partial charge in [0.1, 0.15) is 11.9 Å². The number of nitrogens with zero attached hydrogens (tertiary/aromatic N) is 1. The molecule has 4 heteroatoms. The van der Waals surface area contributed by atoms with Gasteiger partial charge in [-0.15, -0.1) is 11.3 Å². The molecule has 0 bridgehead atoms. The molecular formula is C17H20N2OS. The number of para-hydroxylation sites is 2. The van der Waals surface area contributed by atoms with Gasteiger partial charge in [0, 0.05) is 24.0 Å². The van der Waals surface area contributed by atoms with Gasteiger partial charge in [-0.05, 0) is 42.5 Å². The van der Waals surface area contributed by atoms with Gasteiger partial charge < -0.3 is 10.1 Å². The molecule has 0 spiro atoms. The first-order valence-corrected chi connectivity index (χ1v) is 8.49. The van der Waals surface area contributed by atoms with Crippen LogP contribution in [0.1, 0.15) is 23.4 Å². The van der Waals surface area contributed by atoms with Gasteiger partial charge >= 0.3 is 0 Å². The van der Waals surface area contributed by atoms with Crippen molar-refractivity contribution in [1.82, 2.24) is 4.90 Å². The molecule has 3 heterocycles. The van der Waals surface area contributed by atoms with Crippen molar-refractivity contribution in [2.24, 2.45) is 0 Å². The van der Waals surface area contributed by atoms with E-state index < -0.39 is 0 Å². The minimum absolute atomic E-state index is 0.225. The fraction of sp³-hybridized carbons (Fsp3) is 0.412. The van der Waals surface area contributed by atoms with Gasteiger partial charge in [0.2, 0.25) is 0 Å². The Hall–Kier alpha value is -1.52. The van der Waals surface area contributed by atoms with E-state index in [2.05, 4.69) is 34.7 Å². The molecule has 0 saturated heterocycles. The predicted molar refractivity (Wildman–Crippen MR) is 87.4 cm³/mol. The third kappa shape index (κ3) is 2.43. The Kier molecular flexibility index (Phi) is 3.36. The molecule has 2 unspecified atom stereocenters. The van der Waals surface area contributed by atoms with E-state index in [1.54, 1.807) is 4.88 Å². The molecule has 2 aromatic rings. The minimum Gasteiger partial charge on any atom is -0.485 e. The lowest BCUT2D eigenvalue weighted by atomic mass is 10.0. The van der Waals surface area contributed by atoms with E-state index >= 15 is 0 Å². The van der Waals surface area contributed by atoms with Crippen molar-refractivity contribution in [3.63, 3.8) is 0 Å². The van der Waals surface area contributed by atoms with Crippen molar-refractivity contribution in [1.29, 1.82) is 0 Å². The number of anilines is 1. The summed E-state index contributed by atoms with van der Waals surface area (Å²) in [6.45, 7) is 5.32. The number of rotatable bonds is 2. The van der Waals surface area contributed by atoms with Crippen LogP contribution in [0.4, 0.5) is 5.69 Å². The van der Waals surface area contributed by atoms with E-state index in [1.807, 2.05) is 29.5 Å². The Balaban J connectivity index is 1.46. The number of hydrogen-bond donors (Lipinski definition) is 1. The second kappa shape index (κ2) is 5.35. The molecule has 21 heavy (non-hydrogen) atoms. The highest BCUT2D eigenvalue weighted by atomic mass is 32.1. The van der Waals surface area contributed by atoms with Crippen molar-refractivity contribution >= 4 is 17.0 Å². The first-order chi connectivity index (χ1) is 10.3. The van der Waals surface area contributed by atoms with Crippen LogP contribution in [-0.2, 0) is 6.42 Å². The molecule has 4 rings (SSSR count). The molecule has 2 atom stereocenters. The van der Waals surface area contributed by atoms with Gasteiger partial charge in [-0.2, -0.15) is 0 Å². The predicted octanol–water partition coefficient (Wildman–Crippen LogP) is 3.54. The summed E-state index contributed by atoms with van der Waals surface area (Å²) in [4.78, 5) is 4.11. The number of ether oxygens (including phenoxy) is 1. The van der Waals surface area contributed by atoms with Gasteiger partial charge in [0.15, 0.2) is 0 Å². The molecule has 2 aliphatic rings. The van der Waals surface area contributed by atoms with Crippen LogP contribution in [0.25, 0.3) is 0 Å².